The topological polar surface area (TPSA) is 29.5 Å². The van der Waals surface area contributed by atoms with Gasteiger partial charge in [0.15, 0.2) is 6.10 Å². The number of carbonyl (C=O) groups is 1. The largest absolute Gasteiger partial charge is 0.481 e. The average Bonchev–Trinajstić information content (AvgIpc) is 2.57. The molecule has 0 aliphatic carbocycles. The van der Waals surface area contributed by atoms with Gasteiger partial charge in [-0.25, -0.2) is 0 Å². The van der Waals surface area contributed by atoms with Gasteiger partial charge in [-0.15, -0.1) is 0 Å². The van der Waals surface area contributed by atoms with Crippen molar-refractivity contribution in [3.05, 3.63) is 59.2 Å². The third-order valence-corrected chi connectivity index (χ3v) is 4.52. The first kappa shape index (κ1) is 15.6. The van der Waals surface area contributed by atoms with Gasteiger partial charge in [-0.1, -0.05) is 24.3 Å². The van der Waals surface area contributed by atoms with Crippen molar-refractivity contribution < 1.29 is 9.53 Å². The average molecular weight is 309 g/mol. The lowest BCUT2D eigenvalue weighted by molar-refractivity contribution is -0.124. The maximum Gasteiger partial charge on any atom is 0.267 e. The molecule has 0 N–H and O–H groups in total. The van der Waals surface area contributed by atoms with Gasteiger partial charge in [-0.3, -0.25) is 4.79 Å². The molecule has 2 aromatic carbocycles. The molecule has 0 saturated heterocycles. The highest BCUT2D eigenvalue weighted by Gasteiger charge is 2.27. The van der Waals surface area contributed by atoms with E-state index in [4.69, 9.17) is 4.74 Å². The van der Waals surface area contributed by atoms with Crippen LogP contribution < -0.4 is 9.64 Å². The Morgan fingerprint density at radius 3 is 2.70 bits per heavy atom. The van der Waals surface area contributed by atoms with Crippen LogP contribution in [0, 0.1) is 13.8 Å². The molecule has 120 valence electrons. The van der Waals surface area contributed by atoms with Crippen LogP contribution in [0.15, 0.2) is 42.5 Å². The highest BCUT2D eigenvalue weighted by atomic mass is 16.5. The fourth-order valence-electron chi connectivity index (χ4n) is 3.02. The van der Waals surface area contributed by atoms with Crippen LogP contribution in [-0.2, 0) is 11.2 Å². The SMILES string of the molecule is Cc1ccc(O[C@@H](C)C(=O)N2CCCc3ccccc32)cc1C. The van der Waals surface area contributed by atoms with Gasteiger partial charge in [-0.05, 0) is 68.5 Å². The number of anilines is 1. The Labute approximate surface area is 137 Å². The van der Waals surface area contributed by atoms with Gasteiger partial charge >= 0.3 is 0 Å². The first-order valence-electron chi connectivity index (χ1n) is 8.19. The Balaban J connectivity index is 1.76. The van der Waals surface area contributed by atoms with Crippen LogP contribution in [0.25, 0.3) is 0 Å². The minimum Gasteiger partial charge on any atom is -0.481 e. The second-order valence-electron chi connectivity index (χ2n) is 6.23. The van der Waals surface area contributed by atoms with Crippen molar-refractivity contribution in [3.63, 3.8) is 0 Å². The Morgan fingerprint density at radius 1 is 1.13 bits per heavy atom. The first-order chi connectivity index (χ1) is 11.1. The molecule has 1 aliphatic rings. The second-order valence-corrected chi connectivity index (χ2v) is 6.23. The summed E-state index contributed by atoms with van der Waals surface area (Å²) in [5.41, 5.74) is 4.66. The molecule has 0 fully saturated rings. The zero-order valence-corrected chi connectivity index (χ0v) is 14.0. The maximum atomic E-state index is 12.8. The van der Waals surface area contributed by atoms with Gasteiger partial charge in [0, 0.05) is 12.2 Å². The number of fused-ring (bicyclic) bond motifs is 1. The summed E-state index contributed by atoms with van der Waals surface area (Å²) in [5, 5.41) is 0. The molecule has 0 saturated carbocycles. The summed E-state index contributed by atoms with van der Waals surface area (Å²) >= 11 is 0. The third-order valence-electron chi connectivity index (χ3n) is 4.52. The number of para-hydroxylation sites is 1. The van der Waals surface area contributed by atoms with E-state index in [9.17, 15) is 4.79 Å². The molecule has 0 bridgehead atoms. The van der Waals surface area contributed by atoms with E-state index in [-0.39, 0.29) is 5.91 Å². The smallest absolute Gasteiger partial charge is 0.267 e. The Morgan fingerprint density at radius 2 is 1.91 bits per heavy atom. The van der Waals surface area contributed by atoms with Gasteiger partial charge < -0.3 is 9.64 Å². The molecule has 0 aromatic heterocycles. The summed E-state index contributed by atoms with van der Waals surface area (Å²) in [5.74, 6) is 0.773. The number of carbonyl (C=O) groups excluding carboxylic acids is 1. The van der Waals surface area contributed by atoms with Crippen molar-refractivity contribution in [1.82, 2.24) is 0 Å². The van der Waals surface area contributed by atoms with E-state index in [1.165, 1.54) is 16.7 Å². The minimum absolute atomic E-state index is 0.0235. The van der Waals surface area contributed by atoms with E-state index in [2.05, 4.69) is 19.9 Å². The van der Waals surface area contributed by atoms with Crippen molar-refractivity contribution in [1.29, 1.82) is 0 Å². The molecule has 0 unspecified atom stereocenters. The summed E-state index contributed by atoms with van der Waals surface area (Å²) in [7, 11) is 0. The van der Waals surface area contributed by atoms with Crippen LogP contribution in [0.3, 0.4) is 0 Å². The highest BCUT2D eigenvalue weighted by Crippen LogP contribution is 2.28. The van der Waals surface area contributed by atoms with Crippen LogP contribution in [0.5, 0.6) is 5.75 Å². The number of benzene rings is 2. The number of aryl methyl sites for hydroxylation is 3. The third kappa shape index (κ3) is 3.24. The fourth-order valence-corrected chi connectivity index (χ4v) is 3.02. The standard InChI is InChI=1S/C20H23NO2/c1-14-10-11-18(13-15(14)2)23-16(3)20(22)21-12-6-8-17-7-4-5-9-19(17)21/h4-5,7,9-11,13,16H,6,8,12H2,1-3H3/t16-/m0/s1. The van der Waals surface area contributed by atoms with Crippen molar-refractivity contribution >= 4 is 11.6 Å². The molecule has 1 aliphatic heterocycles. The monoisotopic (exact) mass is 309 g/mol. The van der Waals surface area contributed by atoms with Gasteiger partial charge in [0.25, 0.3) is 5.91 Å². The molecule has 1 amide bonds. The molecule has 23 heavy (non-hydrogen) atoms. The number of rotatable bonds is 3. The number of amides is 1. The number of nitrogens with zero attached hydrogens (tertiary/aromatic N) is 1. The van der Waals surface area contributed by atoms with E-state index in [0.29, 0.717) is 0 Å². The highest BCUT2D eigenvalue weighted by molar-refractivity contribution is 5.97. The van der Waals surface area contributed by atoms with Crippen LogP contribution in [0.4, 0.5) is 5.69 Å². The Bertz CT molecular complexity index is 723. The number of ether oxygens (including phenoxy) is 1. The molecule has 1 heterocycles. The number of hydrogen-bond acceptors (Lipinski definition) is 2. The van der Waals surface area contributed by atoms with Crippen molar-refractivity contribution in [2.75, 3.05) is 11.4 Å². The molecule has 3 rings (SSSR count). The minimum atomic E-state index is -0.497. The number of hydrogen-bond donors (Lipinski definition) is 0. The Kier molecular flexibility index (Phi) is 4.37. The molecule has 2 aromatic rings. The van der Waals surface area contributed by atoms with E-state index in [0.717, 1.165) is 30.8 Å². The quantitative estimate of drug-likeness (QED) is 0.856. The van der Waals surface area contributed by atoms with Crippen molar-refractivity contribution in [2.45, 2.75) is 39.7 Å². The lowest BCUT2D eigenvalue weighted by Gasteiger charge is -2.31. The molecule has 3 nitrogen and oxygen atoms in total. The van der Waals surface area contributed by atoms with Gasteiger partial charge in [0.1, 0.15) is 5.75 Å². The summed E-state index contributed by atoms with van der Waals surface area (Å²) in [6.45, 7) is 6.71. The summed E-state index contributed by atoms with van der Waals surface area (Å²) in [6.07, 6.45) is 1.54. The van der Waals surface area contributed by atoms with E-state index in [1.54, 1.807) is 0 Å². The van der Waals surface area contributed by atoms with Crippen molar-refractivity contribution in [2.24, 2.45) is 0 Å². The molecule has 3 heteroatoms. The van der Waals surface area contributed by atoms with Gasteiger partial charge in [0.05, 0.1) is 0 Å². The van der Waals surface area contributed by atoms with Crippen LogP contribution >= 0.6 is 0 Å². The second kappa shape index (κ2) is 6.45. The molecule has 1 atom stereocenters. The summed E-state index contributed by atoms with van der Waals surface area (Å²) in [6, 6.07) is 14.1. The van der Waals surface area contributed by atoms with Crippen LogP contribution in [0.1, 0.15) is 30.0 Å². The molecule has 0 radical (unpaired) electrons. The van der Waals surface area contributed by atoms with E-state index in [1.807, 2.05) is 48.2 Å². The Hall–Kier alpha value is -2.29. The zero-order valence-electron chi connectivity index (χ0n) is 14.0. The predicted octanol–water partition coefficient (Wildman–Crippen LogP) is 4.05. The summed E-state index contributed by atoms with van der Waals surface area (Å²) < 4.78 is 5.89. The van der Waals surface area contributed by atoms with Gasteiger partial charge in [-0.2, -0.15) is 0 Å². The summed E-state index contributed by atoms with van der Waals surface area (Å²) in [4.78, 5) is 14.7. The van der Waals surface area contributed by atoms with Gasteiger partial charge in [0.2, 0.25) is 0 Å². The van der Waals surface area contributed by atoms with Crippen molar-refractivity contribution in [3.8, 4) is 5.75 Å². The lowest BCUT2D eigenvalue weighted by Crippen LogP contribution is -2.43. The fraction of sp³-hybridized carbons (Fsp3) is 0.350. The van der Waals surface area contributed by atoms with Crippen LogP contribution in [-0.4, -0.2) is 18.6 Å². The normalized spacial score (nSPS) is 15.0. The molecule has 0 spiro atoms. The predicted molar refractivity (Wildman–Crippen MR) is 93.1 cm³/mol. The van der Waals surface area contributed by atoms with Crippen LogP contribution in [0.2, 0.25) is 0 Å². The maximum absolute atomic E-state index is 12.8. The first-order valence-corrected chi connectivity index (χ1v) is 8.19. The molecular weight excluding hydrogens is 286 g/mol. The lowest BCUT2D eigenvalue weighted by atomic mass is 10.0. The zero-order chi connectivity index (χ0) is 16.4. The van der Waals surface area contributed by atoms with E-state index < -0.39 is 6.10 Å². The molecular formula is C20H23NO2. The van der Waals surface area contributed by atoms with E-state index >= 15 is 0 Å².